The van der Waals surface area contributed by atoms with Crippen molar-refractivity contribution in [2.75, 3.05) is 13.2 Å². The Hall–Kier alpha value is -4.35. The number of hydrogen-bond acceptors (Lipinski definition) is 4. The Morgan fingerprint density at radius 3 is 1.83 bits per heavy atom. The van der Waals surface area contributed by atoms with Gasteiger partial charge in [-0.05, 0) is 22.8 Å². The molecule has 0 spiro atoms. The van der Waals surface area contributed by atoms with Crippen LogP contribution in [0.2, 0.25) is 0 Å². The predicted octanol–water partition coefficient (Wildman–Crippen LogP) is 5.58. The van der Waals surface area contributed by atoms with E-state index < -0.39 is 11.6 Å². The van der Waals surface area contributed by atoms with E-state index in [2.05, 4.69) is 77.4 Å². The van der Waals surface area contributed by atoms with Gasteiger partial charge >= 0.3 is 0 Å². The molecule has 1 aromatic heterocycles. The molecule has 5 heteroatoms. The molecule has 6 rings (SSSR count). The summed E-state index contributed by atoms with van der Waals surface area (Å²) in [5, 5.41) is 11.4. The highest BCUT2D eigenvalue weighted by Crippen LogP contribution is 2.42. The van der Waals surface area contributed by atoms with E-state index in [1.807, 2.05) is 42.6 Å². The second-order valence-corrected chi connectivity index (χ2v) is 8.79. The van der Waals surface area contributed by atoms with Crippen molar-refractivity contribution in [1.82, 2.24) is 9.55 Å². The zero-order valence-corrected chi connectivity index (χ0v) is 19.7. The highest BCUT2D eigenvalue weighted by molar-refractivity contribution is 5.52. The number of aliphatic hydroxyl groups is 1. The van der Waals surface area contributed by atoms with E-state index in [-0.39, 0.29) is 0 Å². The molecule has 4 aromatic carbocycles. The van der Waals surface area contributed by atoms with Crippen LogP contribution in [0.1, 0.15) is 34.1 Å². The summed E-state index contributed by atoms with van der Waals surface area (Å²) >= 11 is 0. The molecule has 178 valence electrons. The molecule has 2 heterocycles. The first-order valence-corrected chi connectivity index (χ1v) is 12.1. The van der Waals surface area contributed by atoms with E-state index >= 15 is 0 Å². The first-order chi connectivity index (χ1) is 17.8. The Balaban J connectivity index is 1.54. The van der Waals surface area contributed by atoms with Crippen molar-refractivity contribution in [2.24, 2.45) is 0 Å². The van der Waals surface area contributed by atoms with Gasteiger partial charge in [-0.1, -0.05) is 103 Å². The van der Waals surface area contributed by atoms with Crippen LogP contribution in [-0.4, -0.2) is 27.9 Å². The number of imidazole rings is 1. The Morgan fingerprint density at radius 2 is 1.25 bits per heavy atom. The van der Waals surface area contributed by atoms with Crippen LogP contribution >= 0.6 is 0 Å². The summed E-state index contributed by atoms with van der Waals surface area (Å²) in [4.78, 5) is 4.70. The topological polar surface area (TPSA) is 56.5 Å². The Labute approximate surface area is 210 Å². The summed E-state index contributed by atoms with van der Waals surface area (Å²) in [6.45, 7) is 0.944. The summed E-state index contributed by atoms with van der Waals surface area (Å²) in [6, 6.07) is 36.8. The number of hydrogen-bond donors (Lipinski definition) is 1. The van der Waals surface area contributed by atoms with Gasteiger partial charge in [-0.2, -0.15) is 0 Å². The first kappa shape index (κ1) is 22.1. The maximum atomic E-state index is 11.4. The molecule has 0 saturated carbocycles. The van der Waals surface area contributed by atoms with Gasteiger partial charge in [-0.25, -0.2) is 4.98 Å². The zero-order valence-electron chi connectivity index (χ0n) is 19.7. The van der Waals surface area contributed by atoms with Crippen molar-refractivity contribution in [3.05, 3.63) is 150 Å². The maximum absolute atomic E-state index is 11.4. The largest absolute Gasteiger partial charge is 0.486 e. The van der Waals surface area contributed by atoms with Gasteiger partial charge in [-0.3, -0.25) is 0 Å². The summed E-state index contributed by atoms with van der Waals surface area (Å²) in [7, 11) is 0. The minimum absolute atomic E-state index is 0.449. The van der Waals surface area contributed by atoms with E-state index in [1.165, 1.54) is 0 Å². The molecular weight excluding hydrogens is 448 g/mol. The molecule has 1 aliphatic rings. The number of aliphatic hydroxyl groups excluding tert-OH is 1. The lowest BCUT2D eigenvalue weighted by Gasteiger charge is -2.37. The van der Waals surface area contributed by atoms with Gasteiger partial charge in [0.25, 0.3) is 0 Å². The van der Waals surface area contributed by atoms with Crippen molar-refractivity contribution in [3.8, 4) is 11.5 Å². The van der Waals surface area contributed by atoms with E-state index in [1.54, 1.807) is 6.33 Å². The lowest BCUT2D eigenvalue weighted by atomic mass is 9.77. The van der Waals surface area contributed by atoms with Crippen molar-refractivity contribution >= 4 is 0 Å². The van der Waals surface area contributed by atoms with Gasteiger partial charge in [0.05, 0.1) is 12.0 Å². The molecular formula is C31H26N2O3. The van der Waals surface area contributed by atoms with Gasteiger partial charge in [0, 0.05) is 11.8 Å². The van der Waals surface area contributed by atoms with Crippen molar-refractivity contribution in [1.29, 1.82) is 0 Å². The number of fused-ring (bicyclic) bond motifs is 1. The van der Waals surface area contributed by atoms with Crippen LogP contribution in [0.5, 0.6) is 11.5 Å². The van der Waals surface area contributed by atoms with Crippen LogP contribution in [0.25, 0.3) is 0 Å². The van der Waals surface area contributed by atoms with E-state index in [0.717, 1.165) is 16.7 Å². The Kier molecular flexibility index (Phi) is 5.76. The summed E-state index contributed by atoms with van der Waals surface area (Å²) in [5.74, 6) is 1.22. The molecule has 5 aromatic rings. The molecule has 0 amide bonds. The molecule has 0 aliphatic carbocycles. The molecule has 1 aliphatic heterocycles. The quantitative estimate of drug-likeness (QED) is 0.327. The minimum Gasteiger partial charge on any atom is -0.486 e. The molecule has 1 N–H and O–H groups in total. The Morgan fingerprint density at radius 1 is 0.694 bits per heavy atom. The molecule has 5 nitrogen and oxygen atoms in total. The van der Waals surface area contributed by atoms with Crippen LogP contribution in [0.3, 0.4) is 0 Å². The standard InChI is InChI=1S/C31H26N2O3/c34-29(26-17-10-18-28-30(26)36-20-19-35-28)27-21-33(22-32-27)31(23-11-4-1-5-12-23,24-13-6-2-7-14-24)25-15-8-3-9-16-25/h1-18,21-22,29,34H,19-20H2. The number of benzene rings is 4. The number of nitrogens with zero attached hydrogens (tertiary/aromatic N) is 2. The zero-order chi connectivity index (χ0) is 24.4. The lowest BCUT2D eigenvalue weighted by molar-refractivity contribution is 0.157. The van der Waals surface area contributed by atoms with Gasteiger partial charge in [0.1, 0.15) is 24.9 Å². The SMILES string of the molecule is OC(c1cn(C(c2ccccc2)(c2ccccc2)c2ccccc2)cn1)c1cccc2c1OCCO2. The molecule has 1 unspecified atom stereocenters. The molecule has 1 atom stereocenters. The van der Waals surface area contributed by atoms with E-state index in [9.17, 15) is 5.11 Å². The second-order valence-electron chi connectivity index (χ2n) is 8.79. The fraction of sp³-hybridized carbons (Fsp3) is 0.129. The fourth-order valence-corrected chi connectivity index (χ4v) is 5.12. The minimum atomic E-state index is -0.970. The number of aromatic nitrogens is 2. The molecule has 0 saturated heterocycles. The second kappa shape index (κ2) is 9.36. The molecule has 36 heavy (non-hydrogen) atoms. The molecule has 0 bridgehead atoms. The number of ether oxygens (including phenoxy) is 2. The van der Waals surface area contributed by atoms with Gasteiger partial charge in [-0.15, -0.1) is 0 Å². The fourth-order valence-electron chi connectivity index (χ4n) is 5.12. The number of rotatable bonds is 6. The maximum Gasteiger partial charge on any atom is 0.167 e. The van der Waals surface area contributed by atoms with Crippen molar-refractivity contribution in [2.45, 2.75) is 11.6 Å². The van der Waals surface area contributed by atoms with Crippen molar-refractivity contribution < 1.29 is 14.6 Å². The van der Waals surface area contributed by atoms with Crippen LogP contribution in [-0.2, 0) is 5.54 Å². The predicted molar refractivity (Wildman–Crippen MR) is 138 cm³/mol. The third-order valence-corrected chi connectivity index (χ3v) is 6.74. The smallest absolute Gasteiger partial charge is 0.167 e. The highest BCUT2D eigenvalue weighted by atomic mass is 16.6. The first-order valence-electron chi connectivity index (χ1n) is 12.1. The molecule has 0 fully saturated rings. The van der Waals surface area contributed by atoms with E-state index in [0.29, 0.717) is 36.0 Å². The average molecular weight is 475 g/mol. The van der Waals surface area contributed by atoms with Crippen LogP contribution < -0.4 is 9.47 Å². The Bertz CT molecular complexity index is 1350. The third kappa shape index (κ3) is 3.65. The van der Waals surface area contributed by atoms with Crippen LogP contribution in [0.4, 0.5) is 0 Å². The van der Waals surface area contributed by atoms with Gasteiger partial charge < -0.3 is 19.1 Å². The van der Waals surface area contributed by atoms with E-state index in [4.69, 9.17) is 14.5 Å². The average Bonchev–Trinajstić information content (AvgIpc) is 3.45. The van der Waals surface area contributed by atoms with Crippen LogP contribution in [0.15, 0.2) is 122 Å². The highest BCUT2D eigenvalue weighted by Gasteiger charge is 2.39. The summed E-state index contributed by atoms with van der Waals surface area (Å²) in [6.07, 6.45) is 2.77. The normalized spacial score (nSPS) is 13.8. The van der Waals surface area contributed by atoms with Crippen LogP contribution in [0, 0.1) is 0 Å². The monoisotopic (exact) mass is 474 g/mol. The van der Waals surface area contributed by atoms with Gasteiger partial charge in [0.15, 0.2) is 11.5 Å². The summed E-state index contributed by atoms with van der Waals surface area (Å²) in [5.41, 5.74) is 3.76. The summed E-state index contributed by atoms with van der Waals surface area (Å²) < 4.78 is 13.7. The third-order valence-electron chi connectivity index (χ3n) is 6.74. The van der Waals surface area contributed by atoms with Gasteiger partial charge in [0.2, 0.25) is 0 Å². The molecule has 0 radical (unpaired) electrons. The number of para-hydroxylation sites is 1. The lowest BCUT2D eigenvalue weighted by Crippen LogP contribution is -2.37. The van der Waals surface area contributed by atoms with Crippen molar-refractivity contribution in [3.63, 3.8) is 0 Å².